The van der Waals surface area contributed by atoms with Gasteiger partial charge in [-0.1, -0.05) is 13.2 Å². The summed E-state index contributed by atoms with van der Waals surface area (Å²) in [6, 6.07) is 0. The molecule has 0 unspecified atom stereocenters. The third-order valence-corrected chi connectivity index (χ3v) is 3.56. The second kappa shape index (κ2) is 9.64. The highest BCUT2D eigenvalue weighted by molar-refractivity contribution is 5.95. The second-order valence-corrected chi connectivity index (χ2v) is 5.12. The van der Waals surface area contributed by atoms with E-state index in [1.54, 1.807) is 0 Å². The number of nitrogens with one attached hydrogen (secondary N) is 1. The van der Waals surface area contributed by atoms with Crippen molar-refractivity contribution in [1.82, 2.24) is 15.1 Å². The lowest BCUT2D eigenvalue weighted by molar-refractivity contribution is -0.132. The number of hydrogen-bond acceptors (Lipinski definition) is 5. The summed E-state index contributed by atoms with van der Waals surface area (Å²) < 4.78 is 5.27. The maximum Gasteiger partial charge on any atom is 0.334 e. The topological polar surface area (TPSA) is 99.2 Å². The molecule has 2 N–H and O–H groups in total. The van der Waals surface area contributed by atoms with Crippen molar-refractivity contribution in [3.05, 3.63) is 36.7 Å². The van der Waals surface area contributed by atoms with Gasteiger partial charge in [-0.25, -0.2) is 4.79 Å². The number of carbonyl (C=O) groups excluding carboxylic acids is 2. The van der Waals surface area contributed by atoms with E-state index in [-0.39, 0.29) is 17.9 Å². The van der Waals surface area contributed by atoms with Crippen LogP contribution in [0.15, 0.2) is 36.7 Å². The molecule has 0 saturated carbocycles. The Kier molecular flexibility index (Phi) is 7.87. The number of ether oxygens (including phenoxy) is 1. The predicted molar refractivity (Wildman–Crippen MR) is 87.8 cm³/mol. The Labute approximate surface area is 141 Å². The highest BCUT2D eigenvalue weighted by Gasteiger charge is 2.23. The molecule has 8 nitrogen and oxygen atoms in total. The quantitative estimate of drug-likeness (QED) is 0.603. The molecule has 1 aliphatic heterocycles. The molecule has 8 heteroatoms. The summed E-state index contributed by atoms with van der Waals surface area (Å²) in [5.41, 5.74) is -0.151. The van der Waals surface area contributed by atoms with Gasteiger partial charge in [0.05, 0.1) is 18.8 Å². The highest BCUT2D eigenvalue weighted by atomic mass is 16.5. The first-order valence-corrected chi connectivity index (χ1v) is 7.52. The van der Waals surface area contributed by atoms with Crippen LogP contribution in [0.5, 0.6) is 0 Å². The van der Waals surface area contributed by atoms with E-state index < -0.39 is 17.8 Å². The number of amides is 2. The fourth-order valence-corrected chi connectivity index (χ4v) is 2.14. The summed E-state index contributed by atoms with van der Waals surface area (Å²) in [5, 5.41) is 11.6. The maximum atomic E-state index is 12.2. The van der Waals surface area contributed by atoms with E-state index in [4.69, 9.17) is 4.74 Å². The third kappa shape index (κ3) is 5.64. The molecule has 0 radical (unpaired) electrons. The second-order valence-electron chi connectivity index (χ2n) is 5.12. The van der Waals surface area contributed by atoms with Gasteiger partial charge in [0.1, 0.15) is 5.82 Å². The largest absolute Gasteiger partial charge is 0.478 e. The van der Waals surface area contributed by atoms with Crippen LogP contribution in [-0.4, -0.2) is 72.1 Å². The van der Waals surface area contributed by atoms with Crippen molar-refractivity contribution in [2.24, 2.45) is 0 Å². The molecule has 1 fully saturated rings. The lowest BCUT2D eigenvalue weighted by Crippen LogP contribution is -2.45. The number of rotatable bonds is 8. The van der Waals surface area contributed by atoms with E-state index in [1.165, 1.54) is 11.8 Å². The number of carboxylic acid groups (broad SMARTS) is 1. The van der Waals surface area contributed by atoms with Crippen LogP contribution in [0.2, 0.25) is 0 Å². The SMILES string of the molecule is C=CC(=O)NC(=C(C)C(=O)O)N(CCN1CCOCC1)C(=O)C=C. The number of carboxylic acids is 1. The fourth-order valence-electron chi connectivity index (χ4n) is 2.14. The minimum atomic E-state index is -1.23. The normalized spacial score (nSPS) is 15.9. The summed E-state index contributed by atoms with van der Waals surface area (Å²) in [6.45, 7) is 11.5. The van der Waals surface area contributed by atoms with Crippen LogP contribution in [0.1, 0.15) is 6.92 Å². The smallest absolute Gasteiger partial charge is 0.334 e. The van der Waals surface area contributed by atoms with Crippen LogP contribution in [-0.2, 0) is 19.1 Å². The summed E-state index contributed by atoms with van der Waals surface area (Å²) >= 11 is 0. The Bertz CT molecular complexity index is 550. The van der Waals surface area contributed by atoms with Crippen molar-refractivity contribution >= 4 is 17.8 Å². The Balaban J connectivity index is 3.02. The number of morpholine rings is 1. The Morgan fingerprint density at radius 3 is 2.38 bits per heavy atom. The number of aliphatic carboxylic acids is 1. The highest BCUT2D eigenvalue weighted by Crippen LogP contribution is 2.10. The van der Waals surface area contributed by atoms with Gasteiger partial charge < -0.3 is 15.2 Å². The molecule has 0 bridgehead atoms. The van der Waals surface area contributed by atoms with E-state index in [9.17, 15) is 19.5 Å². The molecule has 0 spiro atoms. The zero-order valence-corrected chi connectivity index (χ0v) is 13.8. The third-order valence-electron chi connectivity index (χ3n) is 3.56. The molecule has 0 aromatic rings. The van der Waals surface area contributed by atoms with Crippen LogP contribution in [0.3, 0.4) is 0 Å². The van der Waals surface area contributed by atoms with E-state index in [2.05, 4.69) is 23.4 Å². The van der Waals surface area contributed by atoms with Gasteiger partial charge in [0, 0.05) is 26.2 Å². The van der Waals surface area contributed by atoms with Gasteiger partial charge in [-0.15, -0.1) is 0 Å². The van der Waals surface area contributed by atoms with E-state index in [0.717, 1.165) is 25.2 Å². The minimum absolute atomic E-state index is 0.0782. The Morgan fingerprint density at radius 1 is 1.25 bits per heavy atom. The van der Waals surface area contributed by atoms with Crippen LogP contribution < -0.4 is 5.32 Å². The predicted octanol–water partition coefficient (Wildman–Crippen LogP) is -0.0485. The standard InChI is InChI=1S/C16H23N3O5/c1-4-13(20)17-15(12(3)16(22)23)19(14(21)5-2)7-6-18-8-10-24-11-9-18/h4-5H,1-2,6-11H2,3H3,(H,17,20)(H,22,23). The Morgan fingerprint density at radius 2 is 1.88 bits per heavy atom. The summed E-state index contributed by atoms with van der Waals surface area (Å²) in [7, 11) is 0. The molecule has 132 valence electrons. The van der Waals surface area contributed by atoms with Crippen LogP contribution in [0.4, 0.5) is 0 Å². The van der Waals surface area contributed by atoms with Crippen molar-refractivity contribution in [2.45, 2.75) is 6.92 Å². The van der Waals surface area contributed by atoms with Crippen molar-refractivity contribution in [1.29, 1.82) is 0 Å². The first-order chi connectivity index (χ1) is 11.4. The average molecular weight is 337 g/mol. The minimum Gasteiger partial charge on any atom is -0.478 e. The van der Waals surface area contributed by atoms with Gasteiger partial charge in [0.2, 0.25) is 5.91 Å². The lowest BCUT2D eigenvalue weighted by Gasteiger charge is -2.31. The molecule has 1 heterocycles. The fraction of sp³-hybridized carbons (Fsp3) is 0.438. The molecule has 1 rings (SSSR count). The number of carbonyl (C=O) groups is 3. The van der Waals surface area contributed by atoms with Crippen LogP contribution in [0, 0.1) is 0 Å². The van der Waals surface area contributed by atoms with Gasteiger partial charge in [0.25, 0.3) is 5.91 Å². The van der Waals surface area contributed by atoms with Gasteiger partial charge in [-0.3, -0.25) is 19.4 Å². The lowest BCUT2D eigenvalue weighted by atomic mass is 10.2. The Hall–Kier alpha value is -2.45. The molecule has 2 amide bonds. The van der Waals surface area contributed by atoms with Gasteiger partial charge in [0.15, 0.2) is 0 Å². The van der Waals surface area contributed by atoms with Crippen LogP contribution in [0.25, 0.3) is 0 Å². The number of nitrogens with zero attached hydrogens (tertiary/aromatic N) is 2. The molecule has 0 aromatic carbocycles. The zero-order chi connectivity index (χ0) is 18.1. The molecule has 0 aromatic heterocycles. The van der Waals surface area contributed by atoms with Crippen molar-refractivity contribution in [3.8, 4) is 0 Å². The molecule has 24 heavy (non-hydrogen) atoms. The van der Waals surface area contributed by atoms with Crippen molar-refractivity contribution in [3.63, 3.8) is 0 Å². The van der Waals surface area contributed by atoms with Crippen molar-refractivity contribution in [2.75, 3.05) is 39.4 Å². The summed E-state index contributed by atoms with van der Waals surface area (Å²) in [4.78, 5) is 38.4. The van der Waals surface area contributed by atoms with Crippen LogP contribution >= 0.6 is 0 Å². The van der Waals surface area contributed by atoms with E-state index >= 15 is 0 Å². The molecule has 1 saturated heterocycles. The van der Waals surface area contributed by atoms with Gasteiger partial charge in [-0.2, -0.15) is 0 Å². The summed E-state index contributed by atoms with van der Waals surface area (Å²) in [6.07, 6.45) is 2.09. The molecular formula is C16H23N3O5. The molecule has 0 aliphatic carbocycles. The van der Waals surface area contributed by atoms with Crippen molar-refractivity contribution < 1.29 is 24.2 Å². The summed E-state index contributed by atoms with van der Waals surface area (Å²) in [5.74, 6) is -2.41. The first-order valence-electron chi connectivity index (χ1n) is 7.52. The van der Waals surface area contributed by atoms with Gasteiger partial charge >= 0.3 is 5.97 Å². The van der Waals surface area contributed by atoms with E-state index in [1.807, 2.05) is 0 Å². The number of hydrogen-bond donors (Lipinski definition) is 2. The zero-order valence-electron chi connectivity index (χ0n) is 13.8. The molecular weight excluding hydrogens is 314 g/mol. The maximum absolute atomic E-state index is 12.2. The first kappa shape index (κ1) is 19.6. The van der Waals surface area contributed by atoms with E-state index in [0.29, 0.717) is 19.8 Å². The monoisotopic (exact) mass is 337 g/mol. The molecule has 1 aliphatic rings. The van der Waals surface area contributed by atoms with Gasteiger partial charge in [-0.05, 0) is 19.1 Å². The average Bonchev–Trinajstić information content (AvgIpc) is 2.60. The molecule has 0 atom stereocenters.